The van der Waals surface area contributed by atoms with E-state index in [1.54, 1.807) is 0 Å². The number of hydrogen-bond donors (Lipinski definition) is 2. The lowest BCUT2D eigenvalue weighted by atomic mass is 9.91. The maximum atomic E-state index is 12.2. The van der Waals surface area contributed by atoms with Gasteiger partial charge in [0.25, 0.3) is 0 Å². The summed E-state index contributed by atoms with van der Waals surface area (Å²) in [5, 5.41) is 12.6. The molecule has 1 atom stereocenters. The average molecular weight is 304 g/mol. The number of anilines is 2. The number of ether oxygens (including phenoxy) is 1. The van der Waals surface area contributed by atoms with Crippen molar-refractivity contribution in [2.75, 3.05) is 23.9 Å². The fourth-order valence-electron chi connectivity index (χ4n) is 2.93. The number of nitrogens with zero attached hydrogens (tertiary/aromatic N) is 1. The van der Waals surface area contributed by atoms with Gasteiger partial charge in [0, 0.05) is 17.4 Å². The highest BCUT2D eigenvalue weighted by atomic mass is 16.5. The lowest BCUT2D eigenvalue weighted by Crippen LogP contribution is -2.42. The highest BCUT2D eigenvalue weighted by molar-refractivity contribution is 6.02. The van der Waals surface area contributed by atoms with Gasteiger partial charge in [0.1, 0.15) is 0 Å². The van der Waals surface area contributed by atoms with Gasteiger partial charge < -0.3 is 20.1 Å². The van der Waals surface area contributed by atoms with Crippen molar-refractivity contribution in [3.63, 3.8) is 0 Å². The number of carbonyl (C=O) groups is 2. The van der Waals surface area contributed by atoms with Crippen LogP contribution >= 0.6 is 0 Å². The molecule has 2 aliphatic rings. The number of benzene rings is 1. The quantitative estimate of drug-likeness (QED) is 0.796. The Hall–Kier alpha value is -2.08. The molecule has 2 N–H and O–H groups in total. The van der Waals surface area contributed by atoms with Gasteiger partial charge in [-0.2, -0.15) is 0 Å². The van der Waals surface area contributed by atoms with Crippen molar-refractivity contribution in [3.05, 3.63) is 23.8 Å². The van der Waals surface area contributed by atoms with Gasteiger partial charge >= 0.3 is 5.97 Å². The molecule has 22 heavy (non-hydrogen) atoms. The molecule has 1 aliphatic heterocycles. The van der Waals surface area contributed by atoms with Crippen molar-refractivity contribution in [2.45, 2.75) is 37.8 Å². The summed E-state index contributed by atoms with van der Waals surface area (Å²) in [5.41, 5.74) is 2.77. The number of amides is 1. The first kappa shape index (κ1) is 14.8. The number of esters is 1. The number of nitrogens with one attached hydrogen (secondary N) is 1. The summed E-state index contributed by atoms with van der Waals surface area (Å²) in [6.07, 6.45) is 2.56. The predicted molar refractivity (Wildman–Crippen MR) is 81.8 cm³/mol. The molecule has 118 valence electrons. The van der Waals surface area contributed by atoms with E-state index >= 15 is 0 Å². The van der Waals surface area contributed by atoms with Gasteiger partial charge in [-0.3, -0.25) is 4.79 Å². The zero-order valence-electron chi connectivity index (χ0n) is 12.5. The third-order valence-corrected chi connectivity index (χ3v) is 4.36. The second kappa shape index (κ2) is 5.96. The molecule has 0 bridgehead atoms. The van der Waals surface area contributed by atoms with Crippen LogP contribution in [0.2, 0.25) is 0 Å². The maximum absolute atomic E-state index is 12.2. The average Bonchev–Trinajstić information content (AvgIpc) is 2.78. The molecule has 3 rings (SSSR count). The summed E-state index contributed by atoms with van der Waals surface area (Å²) >= 11 is 0. The van der Waals surface area contributed by atoms with Crippen molar-refractivity contribution < 1.29 is 19.4 Å². The largest absolute Gasteiger partial charge is 0.467 e. The summed E-state index contributed by atoms with van der Waals surface area (Å²) in [7, 11) is 1.24. The van der Waals surface area contributed by atoms with E-state index in [9.17, 15) is 14.7 Å². The first-order chi connectivity index (χ1) is 10.6. The van der Waals surface area contributed by atoms with Crippen LogP contribution in [-0.4, -0.2) is 42.8 Å². The molecular formula is C16H20N2O4. The SMILES string of the molecule is COC(=O)C(O)CNc1ccc2c(c1)CC(=O)N2C1CCC1. The summed E-state index contributed by atoms with van der Waals surface area (Å²) in [6.45, 7) is 0.0751. The number of fused-ring (bicyclic) bond motifs is 1. The van der Waals surface area contributed by atoms with Gasteiger partial charge in [0.2, 0.25) is 5.91 Å². The molecule has 6 heteroatoms. The Balaban J connectivity index is 1.68. The Kier molecular flexibility index (Phi) is 4.02. The lowest BCUT2D eigenvalue weighted by molar-refractivity contribution is -0.149. The second-order valence-corrected chi connectivity index (χ2v) is 5.79. The van der Waals surface area contributed by atoms with Crippen LogP contribution in [0.15, 0.2) is 18.2 Å². The van der Waals surface area contributed by atoms with Crippen molar-refractivity contribution in [1.82, 2.24) is 0 Å². The van der Waals surface area contributed by atoms with E-state index in [4.69, 9.17) is 0 Å². The van der Waals surface area contributed by atoms with Crippen LogP contribution in [0, 0.1) is 0 Å². The van der Waals surface area contributed by atoms with Crippen LogP contribution < -0.4 is 10.2 Å². The summed E-state index contributed by atoms with van der Waals surface area (Å²) in [5.74, 6) is -0.508. The minimum absolute atomic E-state index is 0.0751. The number of aliphatic hydroxyl groups is 1. The van der Waals surface area contributed by atoms with E-state index in [-0.39, 0.29) is 12.5 Å². The van der Waals surface area contributed by atoms with Crippen molar-refractivity contribution >= 4 is 23.3 Å². The first-order valence-electron chi connectivity index (χ1n) is 7.55. The standard InChI is InChI=1S/C16H20N2O4/c1-22-16(21)14(19)9-17-11-5-6-13-10(7-11)8-15(20)18(13)12-3-2-4-12/h5-7,12,14,17,19H,2-4,8-9H2,1H3. The molecular weight excluding hydrogens is 284 g/mol. The maximum Gasteiger partial charge on any atom is 0.336 e. The minimum atomic E-state index is -1.20. The topological polar surface area (TPSA) is 78.9 Å². The Labute approximate surface area is 129 Å². The predicted octanol–water partition coefficient (Wildman–Crippen LogP) is 1.07. The van der Waals surface area contributed by atoms with Gasteiger partial charge in [-0.1, -0.05) is 0 Å². The molecule has 0 aromatic heterocycles. The third-order valence-electron chi connectivity index (χ3n) is 4.36. The Morgan fingerprint density at radius 2 is 2.27 bits per heavy atom. The number of hydrogen-bond acceptors (Lipinski definition) is 5. The van der Waals surface area contributed by atoms with E-state index in [1.165, 1.54) is 13.5 Å². The molecule has 1 heterocycles. The fraction of sp³-hybridized carbons (Fsp3) is 0.500. The zero-order valence-corrected chi connectivity index (χ0v) is 12.5. The van der Waals surface area contributed by atoms with Gasteiger partial charge in [0.05, 0.1) is 20.1 Å². The van der Waals surface area contributed by atoms with Crippen LogP contribution in [-0.2, 0) is 20.7 Å². The van der Waals surface area contributed by atoms with Crippen LogP contribution in [0.1, 0.15) is 24.8 Å². The highest BCUT2D eigenvalue weighted by Crippen LogP contribution is 2.37. The zero-order chi connectivity index (χ0) is 15.7. The number of carbonyl (C=O) groups excluding carboxylic acids is 2. The Morgan fingerprint density at radius 1 is 1.50 bits per heavy atom. The Bertz CT molecular complexity index is 598. The van der Waals surface area contributed by atoms with Crippen LogP contribution in [0.25, 0.3) is 0 Å². The molecule has 0 radical (unpaired) electrons. The number of methoxy groups -OCH3 is 1. The van der Waals surface area contributed by atoms with E-state index < -0.39 is 12.1 Å². The van der Waals surface area contributed by atoms with E-state index in [0.29, 0.717) is 12.5 Å². The Morgan fingerprint density at radius 3 is 2.91 bits per heavy atom. The molecule has 6 nitrogen and oxygen atoms in total. The number of aliphatic hydroxyl groups excluding tert-OH is 1. The molecule has 1 fully saturated rings. The second-order valence-electron chi connectivity index (χ2n) is 5.79. The van der Waals surface area contributed by atoms with Gasteiger partial charge in [-0.05, 0) is 43.0 Å². The van der Waals surface area contributed by atoms with Crippen LogP contribution in [0.3, 0.4) is 0 Å². The summed E-state index contributed by atoms with van der Waals surface area (Å²) in [6, 6.07) is 6.07. The minimum Gasteiger partial charge on any atom is -0.467 e. The van der Waals surface area contributed by atoms with Crippen molar-refractivity contribution in [1.29, 1.82) is 0 Å². The van der Waals surface area contributed by atoms with Crippen LogP contribution in [0.5, 0.6) is 0 Å². The van der Waals surface area contributed by atoms with E-state index in [1.807, 2.05) is 23.1 Å². The molecule has 1 aromatic rings. The lowest BCUT2D eigenvalue weighted by Gasteiger charge is -2.35. The summed E-state index contributed by atoms with van der Waals surface area (Å²) < 4.78 is 4.47. The van der Waals surface area contributed by atoms with Gasteiger partial charge in [-0.25, -0.2) is 4.79 Å². The molecule has 0 spiro atoms. The fourth-order valence-corrected chi connectivity index (χ4v) is 2.93. The van der Waals surface area contributed by atoms with Crippen molar-refractivity contribution in [2.24, 2.45) is 0 Å². The highest BCUT2D eigenvalue weighted by Gasteiger charge is 2.35. The van der Waals surface area contributed by atoms with E-state index in [2.05, 4.69) is 10.1 Å². The molecule has 1 saturated carbocycles. The molecule has 1 aliphatic carbocycles. The normalized spacial score (nSPS) is 18.6. The van der Waals surface area contributed by atoms with Crippen LogP contribution in [0.4, 0.5) is 11.4 Å². The van der Waals surface area contributed by atoms with E-state index in [0.717, 1.165) is 29.8 Å². The molecule has 1 aromatic carbocycles. The smallest absolute Gasteiger partial charge is 0.336 e. The van der Waals surface area contributed by atoms with Crippen molar-refractivity contribution in [3.8, 4) is 0 Å². The summed E-state index contributed by atoms with van der Waals surface area (Å²) in [4.78, 5) is 25.3. The third kappa shape index (κ3) is 2.66. The molecule has 0 saturated heterocycles. The van der Waals surface area contributed by atoms with Gasteiger partial charge in [-0.15, -0.1) is 0 Å². The molecule has 1 unspecified atom stereocenters. The first-order valence-corrected chi connectivity index (χ1v) is 7.55. The number of rotatable bonds is 5. The molecule has 1 amide bonds. The monoisotopic (exact) mass is 304 g/mol. The van der Waals surface area contributed by atoms with Gasteiger partial charge in [0.15, 0.2) is 6.10 Å².